The van der Waals surface area contributed by atoms with Crippen LogP contribution < -0.4 is 29.1 Å². The van der Waals surface area contributed by atoms with Crippen LogP contribution in [0.1, 0.15) is 36.6 Å². The van der Waals surface area contributed by atoms with Crippen molar-refractivity contribution in [2.24, 2.45) is 4.99 Å². The summed E-state index contributed by atoms with van der Waals surface area (Å²) in [6.45, 7) is 4.16. The van der Waals surface area contributed by atoms with Gasteiger partial charge in [-0.2, -0.15) is 0 Å². The molecule has 10 heteroatoms. The van der Waals surface area contributed by atoms with Gasteiger partial charge in [-0.05, 0) is 61.4 Å². The molecule has 1 aromatic heterocycles. The van der Waals surface area contributed by atoms with Crippen molar-refractivity contribution in [1.29, 1.82) is 0 Å². The van der Waals surface area contributed by atoms with E-state index in [0.717, 1.165) is 11.1 Å². The highest BCUT2D eigenvalue weighted by Gasteiger charge is 2.34. The lowest BCUT2D eigenvalue weighted by Crippen LogP contribution is -2.39. The number of thiazole rings is 1. The lowest BCUT2D eigenvalue weighted by Gasteiger charge is -2.24. The Hall–Kier alpha value is -4.34. The zero-order valence-corrected chi connectivity index (χ0v) is 23.8. The predicted octanol–water partition coefficient (Wildman–Crippen LogP) is 4.76. The number of halogens is 1. The maximum Gasteiger partial charge on any atom is 0.338 e. The molecule has 0 saturated heterocycles. The molecule has 4 aromatic rings. The van der Waals surface area contributed by atoms with Gasteiger partial charge in [0.25, 0.3) is 5.56 Å². The first-order valence-electron chi connectivity index (χ1n) is 13.0. The second-order valence-corrected chi connectivity index (χ2v) is 10.8. The number of allylic oxidation sites excluding steroid dienone is 1. The highest BCUT2D eigenvalue weighted by Crippen LogP contribution is 2.38. The van der Waals surface area contributed by atoms with Crippen molar-refractivity contribution in [1.82, 2.24) is 4.57 Å². The minimum Gasteiger partial charge on any atom is -0.489 e. The normalized spacial score (nSPS) is 15.9. The highest BCUT2D eigenvalue weighted by molar-refractivity contribution is 7.07. The number of benzene rings is 3. The molecule has 0 unspecified atom stereocenters. The van der Waals surface area contributed by atoms with Crippen molar-refractivity contribution in [3.05, 3.63) is 119 Å². The maximum absolute atomic E-state index is 13.8. The van der Waals surface area contributed by atoms with E-state index in [1.165, 1.54) is 11.3 Å². The lowest BCUT2D eigenvalue weighted by atomic mass is 9.95. The van der Waals surface area contributed by atoms with Crippen molar-refractivity contribution >= 4 is 35.0 Å². The molecule has 0 amide bonds. The molecule has 0 fully saturated rings. The number of carbonyl (C=O) groups is 1. The molecule has 6 rings (SSSR count). The van der Waals surface area contributed by atoms with E-state index in [4.69, 9.17) is 30.5 Å². The van der Waals surface area contributed by atoms with E-state index in [0.29, 0.717) is 55.0 Å². The van der Waals surface area contributed by atoms with Crippen LogP contribution in [0, 0.1) is 0 Å². The number of carbonyl (C=O) groups excluding carboxylic acids is 1. The molecule has 0 radical (unpaired) electrons. The van der Waals surface area contributed by atoms with Crippen molar-refractivity contribution in [2.75, 3.05) is 13.4 Å². The minimum atomic E-state index is -0.734. The second-order valence-electron chi connectivity index (χ2n) is 9.36. The molecule has 0 spiro atoms. The Morgan fingerprint density at radius 2 is 1.90 bits per heavy atom. The largest absolute Gasteiger partial charge is 0.489 e. The van der Waals surface area contributed by atoms with Crippen LogP contribution in [0.5, 0.6) is 17.2 Å². The first-order valence-corrected chi connectivity index (χ1v) is 14.2. The maximum atomic E-state index is 13.8. The zero-order valence-electron chi connectivity index (χ0n) is 22.3. The molecule has 1 atom stereocenters. The van der Waals surface area contributed by atoms with Crippen molar-refractivity contribution < 1.29 is 23.7 Å². The summed E-state index contributed by atoms with van der Waals surface area (Å²) in [7, 11) is 0. The van der Waals surface area contributed by atoms with Crippen LogP contribution in [-0.2, 0) is 16.1 Å². The molecule has 208 valence electrons. The molecule has 0 N–H and O–H groups in total. The number of fused-ring (bicyclic) bond motifs is 2. The fourth-order valence-electron chi connectivity index (χ4n) is 4.78. The molecule has 0 bridgehead atoms. The van der Waals surface area contributed by atoms with Gasteiger partial charge in [-0.3, -0.25) is 9.36 Å². The molecule has 8 nitrogen and oxygen atoms in total. The first-order chi connectivity index (χ1) is 19.9. The van der Waals surface area contributed by atoms with E-state index in [1.54, 1.807) is 30.5 Å². The second kappa shape index (κ2) is 11.3. The standard InChI is InChI=1S/C31H25ClN2O6S/c1-3-37-30(36)27-18(2)33-31-34(28(27)20-10-13-24-25(15-20)40-17-39-24)29(35)26(41-31)14-19-8-11-22(12-9-19)38-16-21-6-4-5-7-23(21)32/h4-15,28H,3,16-17H2,1-2H3/b26-14-/t28-/m0/s1. The minimum absolute atomic E-state index is 0.116. The summed E-state index contributed by atoms with van der Waals surface area (Å²) in [6.07, 6.45) is 1.81. The average Bonchev–Trinajstić information content (AvgIpc) is 3.56. The van der Waals surface area contributed by atoms with E-state index in [1.807, 2.05) is 60.7 Å². The van der Waals surface area contributed by atoms with Gasteiger partial charge in [0.15, 0.2) is 16.3 Å². The van der Waals surface area contributed by atoms with Gasteiger partial charge in [-0.25, -0.2) is 9.79 Å². The van der Waals surface area contributed by atoms with Gasteiger partial charge in [-0.15, -0.1) is 0 Å². The Bertz CT molecular complexity index is 1860. The molecule has 2 aliphatic rings. The van der Waals surface area contributed by atoms with Crippen molar-refractivity contribution in [2.45, 2.75) is 26.5 Å². The Morgan fingerprint density at radius 1 is 1.12 bits per heavy atom. The summed E-state index contributed by atoms with van der Waals surface area (Å²) in [5.74, 6) is 1.33. The summed E-state index contributed by atoms with van der Waals surface area (Å²) in [5.41, 5.74) is 2.96. The third kappa shape index (κ3) is 5.26. The van der Waals surface area contributed by atoms with E-state index in [-0.39, 0.29) is 19.0 Å². The van der Waals surface area contributed by atoms with Crippen LogP contribution >= 0.6 is 22.9 Å². The van der Waals surface area contributed by atoms with E-state index < -0.39 is 12.0 Å². The Kier molecular flexibility index (Phi) is 7.38. The Balaban J connectivity index is 1.36. The molecule has 0 aliphatic carbocycles. The molecule has 3 aromatic carbocycles. The lowest BCUT2D eigenvalue weighted by molar-refractivity contribution is -0.139. The van der Waals surface area contributed by atoms with Crippen molar-refractivity contribution in [3.63, 3.8) is 0 Å². The van der Waals surface area contributed by atoms with Crippen LogP contribution in [0.25, 0.3) is 6.08 Å². The predicted molar refractivity (Wildman–Crippen MR) is 155 cm³/mol. The van der Waals surface area contributed by atoms with E-state index in [2.05, 4.69) is 4.99 Å². The van der Waals surface area contributed by atoms with Crippen molar-refractivity contribution in [3.8, 4) is 17.2 Å². The molecule has 2 aliphatic heterocycles. The van der Waals surface area contributed by atoms with Gasteiger partial charge >= 0.3 is 5.97 Å². The van der Waals surface area contributed by atoms with Crippen LogP contribution in [0.2, 0.25) is 5.02 Å². The van der Waals surface area contributed by atoms with E-state index in [9.17, 15) is 9.59 Å². The summed E-state index contributed by atoms with van der Waals surface area (Å²) in [5, 5.41) is 0.653. The number of hydrogen-bond donors (Lipinski definition) is 0. The van der Waals surface area contributed by atoms with Gasteiger partial charge < -0.3 is 18.9 Å². The van der Waals surface area contributed by atoms with E-state index >= 15 is 0 Å². The Morgan fingerprint density at radius 3 is 2.68 bits per heavy atom. The summed E-state index contributed by atoms with van der Waals surface area (Å²) in [6, 6.07) is 19.7. The number of hydrogen-bond acceptors (Lipinski definition) is 8. The number of ether oxygens (including phenoxy) is 4. The molecule has 0 saturated carbocycles. The molecule has 41 heavy (non-hydrogen) atoms. The number of esters is 1. The van der Waals surface area contributed by atoms with Crippen LogP contribution in [0.4, 0.5) is 0 Å². The summed E-state index contributed by atoms with van der Waals surface area (Å²) < 4.78 is 24.3. The highest BCUT2D eigenvalue weighted by atomic mass is 35.5. The van der Waals surface area contributed by atoms with Gasteiger partial charge in [0.2, 0.25) is 6.79 Å². The smallest absolute Gasteiger partial charge is 0.338 e. The molecular formula is C31H25ClN2O6S. The SMILES string of the molecule is CCOC(=O)C1=C(C)N=c2s/c(=C\c3ccc(OCc4ccccc4Cl)cc3)c(=O)n2[C@H]1c1ccc2c(c1)OCO2. The first kappa shape index (κ1) is 26.9. The zero-order chi connectivity index (χ0) is 28.5. The third-order valence-corrected chi connectivity index (χ3v) is 8.11. The fraction of sp³-hybridized carbons (Fsp3) is 0.194. The number of aromatic nitrogens is 1. The number of nitrogens with zero attached hydrogens (tertiary/aromatic N) is 2. The topological polar surface area (TPSA) is 88.4 Å². The number of rotatable bonds is 7. The average molecular weight is 589 g/mol. The summed E-state index contributed by atoms with van der Waals surface area (Å²) in [4.78, 5) is 32.1. The molecular weight excluding hydrogens is 564 g/mol. The monoisotopic (exact) mass is 588 g/mol. The third-order valence-electron chi connectivity index (χ3n) is 6.76. The summed E-state index contributed by atoms with van der Waals surface area (Å²) >= 11 is 7.49. The molecule has 3 heterocycles. The van der Waals surface area contributed by atoms with Crippen LogP contribution in [-0.4, -0.2) is 23.9 Å². The van der Waals surface area contributed by atoms with Crippen LogP contribution in [0.15, 0.2) is 87.8 Å². The Labute approximate surface area is 244 Å². The fourth-order valence-corrected chi connectivity index (χ4v) is 6.02. The van der Waals surface area contributed by atoms with Crippen LogP contribution in [0.3, 0.4) is 0 Å². The quantitative estimate of drug-likeness (QED) is 0.289. The van der Waals surface area contributed by atoms with Gasteiger partial charge in [0, 0.05) is 10.6 Å². The van der Waals surface area contributed by atoms with Gasteiger partial charge in [0.1, 0.15) is 12.4 Å². The van der Waals surface area contributed by atoms with Gasteiger partial charge in [0.05, 0.1) is 28.5 Å². The van der Waals surface area contributed by atoms with Gasteiger partial charge in [-0.1, -0.05) is 59.3 Å².